The summed E-state index contributed by atoms with van der Waals surface area (Å²) in [5, 5.41) is 11.2. The number of ether oxygens (including phenoxy) is 1. The van der Waals surface area contributed by atoms with Gasteiger partial charge in [0.1, 0.15) is 11.5 Å². The number of carbonyl (C=O) groups excluding carboxylic acids is 2. The lowest BCUT2D eigenvalue weighted by molar-refractivity contribution is -0.137. The van der Waals surface area contributed by atoms with E-state index < -0.39 is 29.5 Å². The second-order valence-corrected chi connectivity index (χ2v) is 8.82. The van der Waals surface area contributed by atoms with Gasteiger partial charge in [-0.2, -0.15) is 13.2 Å². The van der Waals surface area contributed by atoms with Gasteiger partial charge in [-0.05, 0) is 74.9 Å². The van der Waals surface area contributed by atoms with E-state index in [1.165, 1.54) is 0 Å². The van der Waals surface area contributed by atoms with Crippen molar-refractivity contribution in [2.75, 3.05) is 4.90 Å². The number of amides is 1. The molecule has 1 aliphatic rings. The third kappa shape index (κ3) is 4.84. The summed E-state index contributed by atoms with van der Waals surface area (Å²) in [6, 6.07) is 16.5. The Bertz CT molecular complexity index is 1330. The van der Waals surface area contributed by atoms with Crippen molar-refractivity contribution < 1.29 is 32.6 Å². The van der Waals surface area contributed by atoms with E-state index in [4.69, 9.17) is 4.74 Å². The van der Waals surface area contributed by atoms with Gasteiger partial charge in [0.25, 0.3) is 11.7 Å². The second-order valence-electron chi connectivity index (χ2n) is 8.82. The van der Waals surface area contributed by atoms with Crippen molar-refractivity contribution in [3.8, 4) is 5.75 Å². The van der Waals surface area contributed by atoms with E-state index in [-0.39, 0.29) is 23.1 Å². The Morgan fingerprint density at radius 2 is 1.61 bits per heavy atom. The average molecular weight is 495 g/mol. The van der Waals surface area contributed by atoms with Crippen molar-refractivity contribution >= 4 is 23.1 Å². The number of rotatable bonds is 5. The van der Waals surface area contributed by atoms with Crippen molar-refractivity contribution in [2.24, 2.45) is 0 Å². The Balaban J connectivity index is 1.85. The van der Waals surface area contributed by atoms with Crippen LogP contribution in [0.3, 0.4) is 0 Å². The molecule has 36 heavy (non-hydrogen) atoms. The number of hydrogen-bond acceptors (Lipinski definition) is 4. The molecule has 3 aromatic carbocycles. The van der Waals surface area contributed by atoms with E-state index in [0.29, 0.717) is 16.9 Å². The van der Waals surface area contributed by atoms with Gasteiger partial charge in [0.2, 0.25) is 0 Å². The van der Waals surface area contributed by atoms with Crippen LogP contribution in [0, 0.1) is 6.92 Å². The second kappa shape index (κ2) is 9.53. The number of hydrogen-bond donors (Lipinski definition) is 1. The number of carbonyl (C=O) groups is 2. The maximum atomic E-state index is 13.2. The zero-order valence-electron chi connectivity index (χ0n) is 19.8. The predicted octanol–water partition coefficient (Wildman–Crippen LogP) is 6.43. The number of Topliss-reactive ketones (excluding diaryl/α,β-unsaturated/α-hetero) is 1. The summed E-state index contributed by atoms with van der Waals surface area (Å²) in [5.41, 5.74) is 0.767. The van der Waals surface area contributed by atoms with Gasteiger partial charge in [0.15, 0.2) is 0 Å². The highest BCUT2D eigenvalue weighted by molar-refractivity contribution is 6.51. The van der Waals surface area contributed by atoms with Gasteiger partial charge < -0.3 is 9.84 Å². The summed E-state index contributed by atoms with van der Waals surface area (Å²) in [6.07, 6.45) is -4.60. The predicted molar refractivity (Wildman–Crippen MR) is 130 cm³/mol. The molecule has 0 bridgehead atoms. The lowest BCUT2D eigenvalue weighted by atomic mass is 9.94. The molecular formula is C28H24F3NO4. The van der Waals surface area contributed by atoms with Crippen LogP contribution in [0.25, 0.3) is 5.76 Å². The molecule has 1 saturated heterocycles. The molecule has 0 saturated carbocycles. The summed E-state index contributed by atoms with van der Waals surface area (Å²) in [4.78, 5) is 27.5. The summed E-state index contributed by atoms with van der Waals surface area (Å²) < 4.78 is 44.9. The summed E-state index contributed by atoms with van der Waals surface area (Å²) in [6.45, 7) is 5.58. The summed E-state index contributed by atoms with van der Waals surface area (Å²) >= 11 is 0. The highest BCUT2D eigenvalue weighted by Crippen LogP contribution is 2.43. The van der Waals surface area contributed by atoms with Gasteiger partial charge in [-0.25, -0.2) is 0 Å². The number of aliphatic hydroxyl groups is 1. The lowest BCUT2D eigenvalue weighted by Gasteiger charge is -2.26. The number of benzene rings is 3. The van der Waals surface area contributed by atoms with E-state index in [0.717, 1.165) is 34.7 Å². The Morgan fingerprint density at radius 1 is 0.972 bits per heavy atom. The highest BCUT2D eigenvalue weighted by atomic mass is 19.4. The molecule has 1 aliphatic heterocycles. The minimum atomic E-state index is -4.55. The van der Waals surface area contributed by atoms with E-state index in [1.54, 1.807) is 42.5 Å². The topological polar surface area (TPSA) is 66.8 Å². The normalized spacial score (nSPS) is 17.6. The van der Waals surface area contributed by atoms with Crippen LogP contribution >= 0.6 is 0 Å². The SMILES string of the molecule is Cc1cccc(C2/C(=C(\O)c3ccc(OC(C)C)cc3)C(=O)C(=O)N2c2ccc(C(F)(F)F)cc2)c1. The van der Waals surface area contributed by atoms with Crippen molar-refractivity contribution in [3.63, 3.8) is 0 Å². The molecule has 1 atom stereocenters. The van der Waals surface area contributed by atoms with Gasteiger partial charge in [0.05, 0.1) is 23.3 Å². The number of alkyl halides is 3. The molecule has 1 heterocycles. The Kier molecular flexibility index (Phi) is 6.63. The van der Waals surface area contributed by atoms with Gasteiger partial charge in [-0.3, -0.25) is 14.5 Å². The summed E-state index contributed by atoms with van der Waals surface area (Å²) in [7, 11) is 0. The first kappa shape index (κ1) is 25.0. The number of anilines is 1. The van der Waals surface area contributed by atoms with Crippen molar-refractivity contribution in [2.45, 2.75) is 39.1 Å². The molecule has 0 spiro atoms. The van der Waals surface area contributed by atoms with Crippen LogP contribution in [0.5, 0.6) is 5.75 Å². The van der Waals surface area contributed by atoms with Gasteiger partial charge in [0, 0.05) is 11.3 Å². The third-order valence-corrected chi connectivity index (χ3v) is 5.77. The quantitative estimate of drug-likeness (QED) is 0.252. The van der Waals surface area contributed by atoms with E-state index in [2.05, 4.69) is 0 Å². The zero-order chi connectivity index (χ0) is 26.2. The molecule has 186 valence electrons. The van der Waals surface area contributed by atoms with Crippen LogP contribution < -0.4 is 9.64 Å². The maximum absolute atomic E-state index is 13.2. The largest absolute Gasteiger partial charge is 0.507 e. The molecule has 3 aromatic rings. The van der Waals surface area contributed by atoms with E-state index >= 15 is 0 Å². The number of nitrogens with zero attached hydrogens (tertiary/aromatic N) is 1. The fourth-order valence-electron chi connectivity index (χ4n) is 4.18. The van der Waals surface area contributed by atoms with Crippen LogP contribution in [0.15, 0.2) is 78.4 Å². The standard InChI is InChI=1S/C28H24F3NO4/c1-16(2)36-22-13-7-18(8-14-22)25(33)23-24(19-6-4-5-17(3)15-19)32(27(35)26(23)34)21-11-9-20(10-12-21)28(29,30)31/h4-16,24,33H,1-3H3/b25-23+. The number of aryl methyl sites for hydroxylation is 1. The van der Waals surface area contributed by atoms with Gasteiger partial charge in [-0.1, -0.05) is 29.8 Å². The van der Waals surface area contributed by atoms with E-state index in [1.807, 2.05) is 26.8 Å². The molecule has 1 fully saturated rings. The minimum absolute atomic E-state index is 0.0557. The van der Waals surface area contributed by atoms with Crippen LogP contribution in [0.2, 0.25) is 0 Å². The van der Waals surface area contributed by atoms with Crippen molar-refractivity contribution in [1.82, 2.24) is 0 Å². The molecule has 0 radical (unpaired) electrons. The molecule has 1 unspecified atom stereocenters. The number of halogens is 3. The number of ketones is 1. The van der Waals surface area contributed by atoms with Gasteiger partial charge in [-0.15, -0.1) is 0 Å². The molecule has 1 N–H and O–H groups in total. The zero-order valence-corrected chi connectivity index (χ0v) is 19.8. The van der Waals surface area contributed by atoms with E-state index in [9.17, 15) is 27.9 Å². The maximum Gasteiger partial charge on any atom is 0.416 e. The fourth-order valence-corrected chi connectivity index (χ4v) is 4.18. The molecule has 5 nitrogen and oxygen atoms in total. The highest BCUT2D eigenvalue weighted by Gasteiger charge is 2.47. The monoisotopic (exact) mass is 495 g/mol. The Labute approximate surface area is 206 Å². The molecule has 4 rings (SSSR count). The van der Waals surface area contributed by atoms with Crippen molar-refractivity contribution in [3.05, 3.63) is 101 Å². The molecule has 0 aromatic heterocycles. The summed E-state index contributed by atoms with van der Waals surface area (Å²) in [5.74, 6) is -1.68. The molecule has 0 aliphatic carbocycles. The molecule has 1 amide bonds. The molecular weight excluding hydrogens is 471 g/mol. The first-order chi connectivity index (χ1) is 17.0. The Hall–Kier alpha value is -4.07. The van der Waals surface area contributed by atoms with Crippen molar-refractivity contribution in [1.29, 1.82) is 0 Å². The average Bonchev–Trinajstić information content (AvgIpc) is 3.09. The lowest BCUT2D eigenvalue weighted by Crippen LogP contribution is -2.29. The van der Waals surface area contributed by atoms with Gasteiger partial charge >= 0.3 is 6.18 Å². The smallest absolute Gasteiger partial charge is 0.416 e. The fraction of sp³-hybridized carbons (Fsp3) is 0.214. The van der Waals surface area contributed by atoms with Crippen LogP contribution in [0.4, 0.5) is 18.9 Å². The first-order valence-corrected chi connectivity index (χ1v) is 11.3. The van der Waals surface area contributed by atoms with Crippen LogP contribution in [0.1, 0.15) is 42.1 Å². The van der Waals surface area contributed by atoms with Crippen LogP contribution in [-0.2, 0) is 15.8 Å². The Morgan fingerprint density at radius 3 is 2.17 bits per heavy atom. The first-order valence-electron chi connectivity index (χ1n) is 11.3. The number of aliphatic hydroxyl groups excluding tert-OH is 1. The third-order valence-electron chi connectivity index (χ3n) is 5.77. The van der Waals surface area contributed by atoms with Crippen LogP contribution in [-0.4, -0.2) is 22.9 Å². The minimum Gasteiger partial charge on any atom is -0.507 e. The molecule has 8 heteroatoms.